The molecule has 1 unspecified atom stereocenters. The first-order valence-electron chi connectivity index (χ1n) is 9.19. The lowest BCUT2D eigenvalue weighted by Gasteiger charge is -2.14. The van der Waals surface area contributed by atoms with Gasteiger partial charge in [-0.2, -0.15) is 0 Å². The Morgan fingerprint density at radius 3 is 2.57 bits per heavy atom. The summed E-state index contributed by atoms with van der Waals surface area (Å²) in [5.41, 5.74) is 3.00. The van der Waals surface area contributed by atoms with Gasteiger partial charge in [-0.15, -0.1) is 10.2 Å². The van der Waals surface area contributed by atoms with Crippen molar-refractivity contribution in [2.24, 2.45) is 0 Å². The second-order valence-corrected chi connectivity index (χ2v) is 7.98. The number of carbonyl (C=O) groups excluding carboxylic acids is 1. The van der Waals surface area contributed by atoms with Crippen LogP contribution in [0.3, 0.4) is 0 Å². The summed E-state index contributed by atoms with van der Waals surface area (Å²) in [4.78, 5) is 12.2. The van der Waals surface area contributed by atoms with E-state index in [0.29, 0.717) is 10.2 Å². The van der Waals surface area contributed by atoms with Crippen LogP contribution >= 0.6 is 23.4 Å². The maximum absolute atomic E-state index is 12.2. The van der Waals surface area contributed by atoms with Gasteiger partial charge in [-0.05, 0) is 56.2 Å². The van der Waals surface area contributed by atoms with Gasteiger partial charge in [0.25, 0.3) is 0 Å². The number of thioether (sulfide) groups is 1. The molecule has 3 rings (SSSR count). The highest BCUT2D eigenvalue weighted by Crippen LogP contribution is 2.30. The Hall–Kier alpha value is -2.31. The quantitative estimate of drug-likeness (QED) is 0.558. The molecule has 0 bridgehead atoms. The Morgan fingerprint density at radius 2 is 1.89 bits per heavy atom. The molecule has 7 heteroatoms. The van der Waals surface area contributed by atoms with Crippen LogP contribution in [0.2, 0.25) is 5.02 Å². The average molecular weight is 415 g/mol. The summed E-state index contributed by atoms with van der Waals surface area (Å²) in [5.74, 6) is 0.997. The molecular formula is C21H23ClN4OS. The Kier molecular flexibility index (Phi) is 6.75. The monoisotopic (exact) mass is 414 g/mol. The van der Waals surface area contributed by atoms with Crippen molar-refractivity contribution in [2.45, 2.75) is 38.4 Å². The molecule has 146 valence electrons. The average Bonchev–Trinajstić information content (AvgIpc) is 3.11. The van der Waals surface area contributed by atoms with E-state index in [9.17, 15) is 4.79 Å². The molecule has 0 saturated heterocycles. The fraction of sp³-hybridized carbons (Fsp3) is 0.286. The van der Waals surface area contributed by atoms with E-state index in [2.05, 4.69) is 15.5 Å². The van der Waals surface area contributed by atoms with E-state index in [-0.39, 0.29) is 17.7 Å². The summed E-state index contributed by atoms with van der Waals surface area (Å²) in [6, 6.07) is 15.7. The number of nitrogens with one attached hydrogen (secondary N) is 1. The van der Waals surface area contributed by atoms with E-state index >= 15 is 0 Å². The molecular weight excluding hydrogens is 392 g/mol. The summed E-state index contributed by atoms with van der Waals surface area (Å²) in [6.07, 6.45) is 0.899. The number of aryl methyl sites for hydroxylation is 1. The van der Waals surface area contributed by atoms with E-state index < -0.39 is 0 Å². The Morgan fingerprint density at radius 1 is 1.18 bits per heavy atom. The highest BCUT2D eigenvalue weighted by atomic mass is 35.5. The highest BCUT2D eigenvalue weighted by molar-refractivity contribution is 7.99. The zero-order valence-electron chi connectivity index (χ0n) is 16.1. The molecule has 0 fully saturated rings. The van der Waals surface area contributed by atoms with Gasteiger partial charge >= 0.3 is 0 Å². The van der Waals surface area contributed by atoms with Gasteiger partial charge in [0.1, 0.15) is 0 Å². The second-order valence-electron chi connectivity index (χ2n) is 6.60. The Labute approximate surface area is 174 Å². The molecule has 3 aromatic rings. The van der Waals surface area contributed by atoms with Crippen LogP contribution < -0.4 is 5.32 Å². The summed E-state index contributed by atoms with van der Waals surface area (Å²) in [5, 5.41) is 13.1. The smallest absolute Gasteiger partial charge is 0.230 e. The van der Waals surface area contributed by atoms with Crippen molar-refractivity contribution in [3.63, 3.8) is 0 Å². The molecule has 0 aliphatic carbocycles. The predicted molar refractivity (Wildman–Crippen MR) is 115 cm³/mol. The highest BCUT2D eigenvalue weighted by Gasteiger charge is 2.18. The van der Waals surface area contributed by atoms with Crippen molar-refractivity contribution in [2.75, 3.05) is 5.75 Å². The van der Waals surface area contributed by atoms with E-state index in [1.807, 2.05) is 73.9 Å². The topological polar surface area (TPSA) is 59.8 Å². The largest absolute Gasteiger partial charge is 0.353 e. The minimum atomic E-state index is -0.00766. The van der Waals surface area contributed by atoms with Gasteiger partial charge in [0.2, 0.25) is 5.91 Å². The van der Waals surface area contributed by atoms with Crippen molar-refractivity contribution in [1.82, 2.24) is 20.1 Å². The Bertz CT molecular complexity index is 955. The van der Waals surface area contributed by atoms with Gasteiger partial charge in [-0.25, -0.2) is 0 Å². The fourth-order valence-corrected chi connectivity index (χ4v) is 3.61. The number of aromatic nitrogens is 3. The summed E-state index contributed by atoms with van der Waals surface area (Å²) in [6.45, 7) is 6.09. The molecule has 0 aliphatic heterocycles. The molecule has 1 amide bonds. The molecule has 5 nitrogen and oxygen atoms in total. The van der Waals surface area contributed by atoms with Crippen molar-refractivity contribution < 1.29 is 4.79 Å². The Balaban J connectivity index is 1.95. The first-order valence-corrected chi connectivity index (χ1v) is 10.6. The minimum absolute atomic E-state index is 0.00766. The third kappa shape index (κ3) is 4.75. The molecule has 1 heterocycles. The van der Waals surface area contributed by atoms with Gasteiger partial charge < -0.3 is 5.32 Å². The third-order valence-electron chi connectivity index (χ3n) is 4.44. The predicted octanol–water partition coefficient (Wildman–Crippen LogP) is 4.90. The SMILES string of the molecule is CCC(C)NC(=O)CSc1nnc(-c2ccc(Cl)cc2)n1-c1ccccc1C. The number of benzene rings is 2. The van der Waals surface area contributed by atoms with Gasteiger partial charge in [0.05, 0.1) is 11.4 Å². The molecule has 1 atom stereocenters. The molecule has 0 aliphatic rings. The maximum atomic E-state index is 12.2. The zero-order valence-corrected chi connectivity index (χ0v) is 17.7. The number of halogens is 1. The van der Waals surface area contributed by atoms with Gasteiger partial charge in [-0.1, -0.05) is 48.5 Å². The van der Waals surface area contributed by atoms with Crippen LogP contribution in [0.15, 0.2) is 53.7 Å². The minimum Gasteiger partial charge on any atom is -0.353 e. The van der Waals surface area contributed by atoms with Gasteiger partial charge in [-0.3, -0.25) is 9.36 Å². The first-order chi connectivity index (χ1) is 13.5. The number of nitrogens with zero attached hydrogens (tertiary/aromatic N) is 3. The first kappa shape index (κ1) is 20.4. The standard InChI is InChI=1S/C21H23ClN4OS/c1-4-15(3)23-19(27)13-28-21-25-24-20(16-9-11-17(22)12-10-16)26(21)18-8-6-5-7-14(18)2/h5-12,15H,4,13H2,1-3H3,(H,23,27). The lowest BCUT2D eigenvalue weighted by Crippen LogP contribution is -2.33. The van der Waals surface area contributed by atoms with Crippen LogP contribution in [0.25, 0.3) is 17.1 Å². The van der Waals surface area contributed by atoms with Crippen LogP contribution in [-0.2, 0) is 4.79 Å². The van der Waals surface area contributed by atoms with Gasteiger partial charge in [0, 0.05) is 16.6 Å². The van der Waals surface area contributed by atoms with E-state index in [1.54, 1.807) is 0 Å². The lowest BCUT2D eigenvalue weighted by molar-refractivity contribution is -0.119. The second kappa shape index (κ2) is 9.26. The molecule has 1 N–H and O–H groups in total. The number of hydrogen-bond acceptors (Lipinski definition) is 4. The zero-order chi connectivity index (χ0) is 20.1. The van der Waals surface area contributed by atoms with Crippen molar-refractivity contribution in [3.05, 3.63) is 59.1 Å². The van der Waals surface area contributed by atoms with E-state index in [0.717, 1.165) is 29.1 Å². The van der Waals surface area contributed by atoms with Crippen LogP contribution in [0.4, 0.5) is 0 Å². The van der Waals surface area contributed by atoms with Gasteiger partial charge in [0.15, 0.2) is 11.0 Å². The number of para-hydroxylation sites is 1. The van der Waals surface area contributed by atoms with E-state index in [4.69, 9.17) is 11.6 Å². The number of carbonyl (C=O) groups is 1. The summed E-state index contributed by atoms with van der Waals surface area (Å²) >= 11 is 7.41. The summed E-state index contributed by atoms with van der Waals surface area (Å²) < 4.78 is 2.00. The fourth-order valence-electron chi connectivity index (χ4n) is 2.73. The van der Waals surface area contributed by atoms with Crippen molar-refractivity contribution >= 4 is 29.3 Å². The molecule has 28 heavy (non-hydrogen) atoms. The van der Waals surface area contributed by atoms with Crippen LogP contribution in [0.5, 0.6) is 0 Å². The molecule has 1 aromatic heterocycles. The number of rotatable bonds is 7. The van der Waals surface area contributed by atoms with E-state index in [1.165, 1.54) is 11.8 Å². The third-order valence-corrected chi connectivity index (χ3v) is 5.63. The normalized spacial score (nSPS) is 12.0. The van der Waals surface area contributed by atoms with Crippen molar-refractivity contribution in [1.29, 1.82) is 0 Å². The molecule has 0 saturated carbocycles. The van der Waals surface area contributed by atoms with Crippen LogP contribution in [-0.4, -0.2) is 32.5 Å². The molecule has 2 aromatic carbocycles. The van der Waals surface area contributed by atoms with Crippen LogP contribution in [0.1, 0.15) is 25.8 Å². The molecule has 0 radical (unpaired) electrons. The van der Waals surface area contributed by atoms with Crippen LogP contribution in [0, 0.1) is 6.92 Å². The number of amides is 1. The summed E-state index contributed by atoms with van der Waals surface area (Å²) in [7, 11) is 0. The maximum Gasteiger partial charge on any atom is 0.230 e. The molecule has 0 spiro atoms. The number of hydrogen-bond donors (Lipinski definition) is 1. The van der Waals surface area contributed by atoms with Crippen molar-refractivity contribution in [3.8, 4) is 17.1 Å². The lowest BCUT2D eigenvalue weighted by atomic mass is 10.1.